The lowest BCUT2D eigenvalue weighted by atomic mass is 10.1. The Labute approximate surface area is 141 Å². The Bertz CT molecular complexity index is 718. The molecule has 2 heterocycles. The van der Waals surface area contributed by atoms with Gasteiger partial charge in [-0.2, -0.15) is 0 Å². The van der Waals surface area contributed by atoms with Crippen LogP contribution in [0.2, 0.25) is 0 Å². The normalized spacial score (nSPS) is 12.7. The number of nitrogens with one attached hydrogen (secondary N) is 1. The van der Waals surface area contributed by atoms with Crippen LogP contribution in [-0.2, 0) is 20.8 Å². The van der Waals surface area contributed by atoms with E-state index in [-0.39, 0.29) is 6.54 Å². The van der Waals surface area contributed by atoms with Crippen LogP contribution in [0, 0.1) is 5.92 Å². The van der Waals surface area contributed by atoms with Gasteiger partial charge in [0.15, 0.2) is 0 Å². The number of esters is 1. The van der Waals surface area contributed by atoms with Gasteiger partial charge in [-0.15, -0.1) is 0 Å². The molecule has 0 fully saturated rings. The van der Waals surface area contributed by atoms with Gasteiger partial charge in [0.1, 0.15) is 11.2 Å². The number of fused-ring (bicyclic) bond motifs is 1. The molecule has 0 bridgehead atoms. The third-order valence-corrected chi connectivity index (χ3v) is 3.37. The maximum atomic E-state index is 12.0. The van der Waals surface area contributed by atoms with Crippen molar-refractivity contribution in [3.05, 3.63) is 30.6 Å². The van der Waals surface area contributed by atoms with E-state index in [2.05, 4.69) is 10.3 Å². The highest BCUT2D eigenvalue weighted by molar-refractivity contribution is 5.77. The van der Waals surface area contributed by atoms with Gasteiger partial charge in [0.25, 0.3) is 0 Å². The first-order valence-electron chi connectivity index (χ1n) is 7.74. The minimum Gasteiger partial charge on any atom is -0.469 e. The summed E-state index contributed by atoms with van der Waals surface area (Å²) in [7, 11) is 1.33. The summed E-state index contributed by atoms with van der Waals surface area (Å²) in [6, 6.07) is 5.73. The summed E-state index contributed by atoms with van der Waals surface area (Å²) in [5, 5.41) is 3.61. The summed E-state index contributed by atoms with van der Waals surface area (Å²) in [6.07, 6.45) is 3.00. The second-order valence-corrected chi connectivity index (χ2v) is 6.49. The van der Waals surface area contributed by atoms with Crippen molar-refractivity contribution < 1.29 is 19.1 Å². The average molecular weight is 333 g/mol. The minimum atomic E-state index is -0.592. The van der Waals surface area contributed by atoms with Crippen LogP contribution in [0.15, 0.2) is 30.6 Å². The van der Waals surface area contributed by atoms with E-state index < -0.39 is 23.6 Å². The second kappa shape index (κ2) is 7.33. The first-order valence-corrected chi connectivity index (χ1v) is 7.74. The molecule has 1 atom stereocenters. The number of amides is 1. The Balaban J connectivity index is 2.06. The molecule has 0 aliphatic heterocycles. The molecular weight excluding hydrogens is 310 g/mol. The molecule has 1 amide bonds. The molecule has 0 saturated carbocycles. The summed E-state index contributed by atoms with van der Waals surface area (Å²) in [5.74, 6) is -0.941. The van der Waals surface area contributed by atoms with Crippen LogP contribution in [0.5, 0.6) is 0 Å². The first kappa shape index (κ1) is 17.8. The van der Waals surface area contributed by atoms with Gasteiger partial charge in [0.05, 0.1) is 13.0 Å². The number of nitrogens with zero attached hydrogens (tertiary/aromatic N) is 2. The molecule has 0 aliphatic carbocycles. The van der Waals surface area contributed by atoms with Crippen LogP contribution in [0.1, 0.15) is 20.8 Å². The van der Waals surface area contributed by atoms with E-state index in [1.165, 1.54) is 7.11 Å². The summed E-state index contributed by atoms with van der Waals surface area (Å²) in [5.41, 5.74) is 0.189. The van der Waals surface area contributed by atoms with Crippen molar-refractivity contribution in [3.8, 4) is 0 Å². The number of methoxy groups -OCH3 is 1. The van der Waals surface area contributed by atoms with Crippen molar-refractivity contribution in [2.75, 3.05) is 13.7 Å². The van der Waals surface area contributed by atoms with Crippen LogP contribution in [0.25, 0.3) is 11.0 Å². The fourth-order valence-corrected chi connectivity index (χ4v) is 2.31. The SMILES string of the molecule is COC(=O)C(CNC(=O)OC(C)(C)C)Cn1ccc2cccnc21. The van der Waals surface area contributed by atoms with Gasteiger partial charge < -0.3 is 19.4 Å². The molecule has 0 radical (unpaired) electrons. The molecule has 130 valence electrons. The fourth-order valence-electron chi connectivity index (χ4n) is 2.31. The number of hydrogen-bond acceptors (Lipinski definition) is 5. The van der Waals surface area contributed by atoms with E-state index in [1.54, 1.807) is 27.0 Å². The van der Waals surface area contributed by atoms with Gasteiger partial charge in [-0.25, -0.2) is 9.78 Å². The third kappa shape index (κ3) is 4.71. The zero-order valence-corrected chi connectivity index (χ0v) is 14.4. The van der Waals surface area contributed by atoms with Gasteiger partial charge in [-0.1, -0.05) is 0 Å². The lowest BCUT2D eigenvalue weighted by Gasteiger charge is -2.21. The highest BCUT2D eigenvalue weighted by Crippen LogP contribution is 2.15. The molecule has 0 aliphatic rings. The van der Waals surface area contributed by atoms with Crippen LogP contribution in [-0.4, -0.2) is 40.9 Å². The topological polar surface area (TPSA) is 82.5 Å². The molecule has 0 saturated heterocycles. The van der Waals surface area contributed by atoms with Gasteiger partial charge in [-0.05, 0) is 39.0 Å². The van der Waals surface area contributed by atoms with E-state index in [0.29, 0.717) is 6.54 Å². The number of carbonyl (C=O) groups is 2. The summed E-state index contributed by atoms with van der Waals surface area (Å²) < 4.78 is 11.9. The van der Waals surface area contributed by atoms with E-state index in [1.807, 2.05) is 29.0 Å². The molecular formula is C17H23N3O4. The summed E-state index contributed by atoms with van der Waals surface area (Å²) >= 11 is 0. The van der Waals surface area contributed by atoms with Crippen molar-refractivity contribution in [1.29, 1.82) is 0 Å². The number of ether oxygens (including phenoxy) is 2. The lowest BCUT2D eigenvalue weighted by molar-refractivity contribution is -0.145. The number of aromatic nitrogens is 2. The Morgan fingerprint density at radius 3 is 2.75 bits per heavy atom. The smallest absolute Gasteiger partial charge is 0.407 e. The van der Waals surface area contributed by atoms with Crippen molar-refractivity contribution in [2.45, 2.75) is 32.9 Å². The van der Waals surface area contributed by atoms with E-state index >= 15 is 0 Å². The molecule has 7 nitrogen and oxygen atoms in total. The number of alkyl carbamates (subject to hydrolysis) is 1. The van der Waals surface area contributed by atoms with Crippen molar-refractivity contribution in [3.63, 3.8) is 0 Å². The zero-order chi connectivity index (χ0) is 17.7. The standard InChI is InChI=1S/C17H23N3O4/c1-17(2,3)24-16(22)19-10-13(15(21)23-4)11-20-9-7-12-6-5-8-18-14(12)20/h5-9,13H,10-11H2,1-4H3,(H,19,22). The van der Waals surface area contributed by atoms with Gasteiger partial charge in [0.2, 0.25) is 0 Å². The van der Waals surface area contributed by atoms with Crippen LogP contribution in [0.3, 0.4) is 0 Å². The Morgan fingerprint density at radius 2 is 2.08 bits per heavy atom. The maximum Gasteiger partial charge on any atom is 0.407 e. The molecule has 24 heavy (non-hydrogen) atoms. The van der Waals surface area contributed by atoms with Crippen molar-refractivity contribution in [2.24, 2.45) is 5.92 Å². The van der Waals surface area contributed by atoms with E-state index in [9.17, 15) is 9.59 Å². The van der Waals surface area contributed by atoms with Crippen LogP contribution < -0.4 is 5.32 Å². The third-order valence-electron chi connectivity index (χ3n) is 3.37. The average Bonchev–Trinajstić information content (AvgIpc) is 2.92. The second-order valence-electron chi connectivity index (χ2n) is 6.49. The lowest BCUT2D eigenvalue weighted by Crippen LogP contribution is -2.38. The molecule has 2 rings (SSSR count). The quantitative estimate of drug-likeness (QED) is 0.849. The Morgan fingerprint density at radius 1 is 1.33 bits per heavy atom. The number of carbonyl (C=O) groups excluding carboxylic acids is 2. The van der Waals surface area contributed by atoms with Crippen LogP contribution in [0.4, 0.5) is 4.79 Å². The van der Waals surface area contributed by atoms with Gasteiger partial charge >= 0.3 is 12.1 Å². The molecule has 0 spiro atoms. The highest BCUT2D eigenvalue weighted by Gasteiger charge is 2.23. The predicted molar refractivity (Wildman–Crippen MR) is 89.5 cm³/mol. The van der Waals surface area contributed by atoms with Gasteiger partial charge in [0, 0.05) is 30.9 Å². The van der Waals surface area contributed by atoms with Gasteiger partial charge in [-0.3, -0.25) is 4.79 Å². The van der Waals surface area contributed by atoms with Crippen molar-refractivity contribution >= 4 is 23.1 Å². The molecule has 1 N–H and O–H groups in total. The monoisotopic (exact) mass is 333 g/mol. The molecule has 1 unspecified atom stereocenters. The maximum absolute atomic E-state index is 12.0. The Kier molecular flexibility index (Phi) is 5.43. The molecule has 2 aromatic heterocycles. The number of hydrogen-bond donors (Lipinski definition) is 1. The van der Waals surface area contributed by atoms with Crippen LogP contribution >= 0.6 is 0 Å². The fraction of sp³-hybridized carbons (Fsp3) is 0.471. The van der Waals surface area contributed by atoms with E-state index in [4.69, 9.17) is 9.47 Å². The molecule has 0 aromatic carbocycles. The van der Waals surface area contributed by atoms with Crippen molar-refractivity contribution in [1.82, 2.24) is 14.9 Å². The first-order chi connectivity index (χ1) is 11.3. The molecule has 7 heteroatoms. The van der Waals surface area contributed by atoms with E-state index in [0.717, 1.165) is 11.0 Å². The Hall–Kier alpha value is -2.57. The summed E-state index contributed by atoms with van der Waals surface area (Å²) in [6.45, 7) is 5.81. The minimum absolute atomic E-state index is 0.119. The highest BCUT2D eigenvalue weighted by atomic mass is 16.6. The predicted octanol–water partition coefficient (Wildman–Crippen LogP) is 2.35. The number of rotatable bonds is 5. The zero-order valence-electron chi connectivity index (χ0n) is 14.4. The number of pyridine rings is 1. The summed E-state index contributed by atoms with van der Waals surface area (Å²) in [4.78, 5) is 28.1. The largest absolute Gasteiger partial charge is 0.469 e. The molecule has 2 aromatic rings.